The van der Waals surface area contributed by atoms with E-state index in [2.05, 4.69) is 24.9 Å². The van der Waals surface area contributed by atoms with Crippen molar-refractivity contribution in [2.45, 2.75) is 18.8 Å². The molecule has 0 atom stereocenters. The first-order valence-electron chi connectivity index (χ1n) is 15.5. The van der Waals surface area contributed by atoms with Crippen molar-refractivity contribution in [2.75, 3.05) is 14.2 Å². The van der Waals surface area contributed by atoms with E-state index in [1.165, 1.54) is 26.4 Å². The van der Waals surface area contributed by atoms with Gasteiger partial charge in [0.25, 0.3) is 0 Å². The minimum Gasteiger partial charge on any atom is -0.494 e. The Morgan fingerprint density at radius 3 is 1.75 bits per heavy atom. The maximum absolute atomic E-state index is 13.1. The highest BCUT2D eigenvalue weighted by atomic mass is 19.4. The smallest absolute Gasteiger partial charge is 0.449 e. The number of H-pyrrole nitrogens is 3. The third-order valence-corrected chi connectivity index (χ3v) is 8.55. The van der Waals surface area contributed by atoms with Gasteiger partial charge in [-0.15, -0.1) is 0 Å². The number of hydrogen-bond donors (Lipinski definition) is 3. The van der Waals surface area contributed by atoms with Crippen molar-refractivity contribution in [3.05, 3.63) is 117 Å². The first-order chi connectivity index (χ1) is 24.7. The van der Waals surface area contributed by atoms with Crippen LogP contribution in [0.2, 0.25) is 0 Å². The van der Waals surface area contributed by atoms with Gasteiger partial charge in [-0.05, 0) is 87.6 Å². The molecule has 1 aliphatic rings. The number of ether oxygens (including phenoxy) is 2. The van der Waals surface area contributed by atoms with E-state index in [1.807, 2.05) is 6.07 Å². The van der Waals surface area contributed by atoms with Crippen molar-refractivity contribution < 1.29 is 35.8 Å². The second kappa shape index (κ2) is 12.7. The molecule has 0 saturated heterocycles. The number of fused-ring (bicyclic) bond motifs is 4. The number of aliphatic imine (C=N–C) groups is 1. The number of rotatable bonds is 4. The van der Waals surface area contributed by atoms with E-state index in [4.69, 9.17) is 9.47 Å². The van der Waals surface area contributed by atoms with Gasteiger partial charge in [-0.2, -0.15) is 26.3 Å². The Balaban J connectivity index is 0.000000162. The highest BCUT2D eigenvalue weighted by Gasteiger charge is 2.40. The number of imidazole rings is 1. The van der Waals surface area contributed by atoms with Crippen molar-refractivity contribution in [1.82, 2.24) is 19.9 Å². The van der Waals surface area contributed by atoms with E-state index < -0.39 is 23.9 Å². The van der Waals surface area contributed by atoms with Crippen LogP contribution in [0.5, 0.6) is 11.5 Å². The fourth-order valence-electron chi connectivity index (χ4n) is 6.11. The Labute approximate surface area is 288 Å². The highest BCUT2D eigenvalue weighted by molar-refractivity contribution is 6.02. The third kappa shape index (κ3) is 6.36. The molecule has 3 N–H and O–H groups in total. The summed E-state index contributed by atoms with van der Waals surface area (Å²) in [7, 11) is 2.79. The normalized spacial score (nSPS) is 12.8. The van der Waals surface area contributed by atoms with Crippen molar-refractivity contribution in [2.24, 2.45) is 4.99 Å². The van der Waals surface area contributed by atoms with Crippen molar-refractivity contribution in [1.29, 1.82) is 0 Å². The van der Waals surface area contributed by atoms with Crippen LogP contribution in [0, 0.1) is 0 Å². The van der Waals surface area contributed by atoms with Crippen LogP contribution in [-0.4, -0.2) is 46.0 Å². The predicted octanol–water partition coefficient (Wildman–Crippen LogP) is 8.49. The molecule has 52 heavy (non-hydrogen) atoms. The maximum atomic E-state index is 13.1. The second-order valence-corrected chi connectivity index (χ2v) is 11.7. The molecular formula is C37H25F6N5O4. The van der Waals surface area contributed by atoms with Gasteiger partial charge < -0.3 is 24.4 Å². The van der Waals surface area contributed by atoms with Crippen LogP contribution in [0.4, 0.5) is 32.0 Å². The molecule has 4 heterocycles. The summed E-state index contributed by atoms with van der Waals surface area (Å²) in [6, 6.07) is 23.3. The number of nitrogens with one attached hydrogen (secondary N) is 3. The van der Waals surface area contributed by atoms with E-state index >= 15 is 0 Å². The van der Waals surface area contributed by atoms with E-state index in [9.17, 15) is 35.9 Å². The molecule has 8 rings (SSSR count). The van der Waals surface area contributed by atoms with Crippen LogP contribution in [0.3, 0.4) is 0 Å². The van der Waals surface area contributed by atoms with Gasteiger partial charge in [0.15, 0.2) is 0 Å². The number of hydrogen-bond acceptors (Lipinski definition) is 6. The van der Waals surface area contributed by atoms with E-state index in [-0.39, 0.29) is 40.0 Å². The van der Waals surface area contributed by atoms with Gasteiger partial charge >= 0.3 is 12.4 Å². The van der Waals surface area contributed by atoms with Gasteiger partial charge in [0, 0.05) is 35.2 Å². The van der Waals surface area contributed by atoms with Crippen LogP contribution < -0.4 is 20.6 Å². The first kappa shape index (κ1) is 34.1. The standard InChI is InChI=1S/C19H13F3N2O2.C18H12F3N3O2/c1-26-15-6-4-12(13-9-16(19(20,21)22)24-18(13)15)10-2-5-14-11(8-10)3-7-17(25)23-14;1-26-13-6-4-11(15-16(13)24-17(23-15)18(19,20)21)9-2-5-12-10(8-9)3-7-14(25)22-12/h2-8H,9H2,1H3,(H,23,25);2-8H,1H3,(H,22,25)(H,23,24). The molecule has 0 aliphatic carbocycles. The monoisotopic (exact) mass is 717 g/mol. The lowest BCUT2D eigenvalue weighted by Gasteiger charge is -2.12. The Morgan fingerprint density at radius 1 is 0.635 bits per heavy atom. The molecule has 1 aliphatic heterocycles. The minimum absolute atomic E-state index is 0.167. The maximum Gasteiger partial charge on any atom is 0.449 e. The molecular weight excluding hydrogens is 692 g/mol. The number of benzene rings is 4. The second-order valence-electron chi connectivity index (χ2n) is 11.7. The fraction of sp³-hybridized carbons (Fsp3) is 0.135. The lowest BCUT2D eigenvalue weighted by molar-refractivity contribution is -0.144. The van der Waals surface area contributed by atoms with E-state index in [0.29, 0.717) is 39.0 Å². The molecule has 7 aromatic rings. The number of pyridine rings is 2. The molecule has 0 fully saturated rings. The molecule has 0 amide bonds. The molecule has 4 aromatic carbocycles. The molecule has 3 aromatic heterocycles. The van der Waals surface area contributed by atoms with Crippen LogP contribution in [0.15, 0.2) is 99.5 Å². The highest BCUT2D eigenvalue weighted by Crippen LogP contribution is 2.45. The SMILES string of the molecule is COc1ccc(-c2ccc3[nH]c(=O)ccc3c2)c2c1N=C(C(F)(F)F)C2.COc1ccc(-c2ccc3[nH]c(=O)ccc3c2)c2nc(C(F)(F)F)[nH]c12. The molecule has 0 bridgehead atoms. The average Bonchev–Trinajstić information content (AvgIpc) is 3.78. The zero-order valence-electron chi connectivity index (χ0n) is 27.1. The number of methoxy groups -OCH3 is 2. The van der Waals surface area contributed by atoms with Crippen LogP contribution >= 0.6 is 0 Å². The molecule has 9 nitrogen and oxygen atoms in total. The lowest BCUT2D eigenvalue weighted by Crippen LogP contribution is -2.22. The minimum atomic E-state index is -4.59. The molecule has 0 spiro atoms. The Bertz CT molecular complexity index is 2670. The van der Waals surface area contributed by atoms with Crippen LogP contribution in [0.1, 0.15) is 11.4 Å². The summed E-state index contributed by atoms with van der Waals surface area (Å²) in [6.07, 6.45) is -9.37. The summed E-state index contributed by atoms with van der Waals surface area (Å²) < 4.78 is 89.0. The Hall–Kier alpha value is -6.38. The van der Waals surface area contributed by atoms with Crippen LogP contribution in [0.25, 0.3) is 55.1 Å². The first-order valence-corrected chi connectivity index (χ1v) is 15.5. The number of halogens is 6. The van der Waals surface area contributed by atoms with Crippen molar-refractivity contribution in [3.8, 4) is 33.8 Å². The quantitative estimate of drug-likeness (QED) is 0.158. The number of alkyl halides is 6. The zero-order valence-corrected chi connectivity index (χ0v) is 27.1. The van der Waals surface area contributed by atoms with Crippen LogP contribution in [-0.2, 0) is 12.6 Å². The molecule has 0 radical (unpaired) electrons. The summed E-state index contributed by atoms with van der Waals surface area (Å²) in [5, 5.41) is 1.55. The largest absolute Gasteiger partial charge is 0.494 e. The summed E-state index contributed by atoms with van der Waals surface area (Å²) in [6.45, 7) is 0. The van der Waals surface area contributed by atoms with Gasteiger partial charge in [-0.3, -0.25) is 9.59 Å². The van der Waals surface area contributed by atoms with Gasteiger partial charge in [0.1, 0.15) is 33.9 Å². The summed E-state index contributed by atoms with van der Waals surface area (Å²) in [5.41, 5.74) is 3.72. The van der Waals surface area contributed by atoms with Gasteiger partial charge in [0.2, 0.25) is 16.9 Å². The average molecular weight is 718 g/mol. The molecule has 15 heteroatoms. The Morgan fingerprint density at radius 2 is 1.19 bits per heavy atom. The molecule has 0 saturated carbocycles. The summed E-state index contributed by atoms with van der Waals surface area (Å²) >= 11 is 0. The Kier molecular flexibility index (Phi) is 8.35. The molecule has 0 unspecified atom stereocenters. The van der Waals surface area contributed by atoms with E-state index in [0.717, 1.165) is 16.3 Å². The van der Waals surface area contributed by atoms with Gasteiger partial charge in [-0.1, -0.05) is 18.2 Å². The molecule has 264 valence electrons. The fourth-order valence-corrected chi connectivity index (χ4v) is 6.11. The number of nitrogens with zero attached hydrogens (tertiary/aromatic N) is 2. The summed E-state index contributed by atoms with van der Waals surface area (Å²) in [5.74, 6) is -0.492. The number of aromatic nitrogens is 4. The number of aromatic amines is 3. The van der Waals surface area contributed by atoms with Crippen molar-refractivity contribution in [3.63, 3.8) is 0 Å². The lowest BCUT2D eigenvalue weighted by atomic mass is 9.95. The van der Waals surface area contributed by atoms with E-state index in [1.54, 1.807) is 66.7 Å². The van der Waals surface area contributed by atoms with Crippen molar-refractivity contribution >= 4 is 44.2 Å². The summed E-state index contributed by atoms with van der Waals surface area (Å²) in [4.78, 5) is 38.0. The predicted molar refractivity (Wildman–Crippen MR) is 185 cm³/mol. The topological polar surface area (TPSA) is 125 Å². The van der Waals surface area contributed by atoms with Gasteiger partial charge in [0.05, 0.1) is 14.2 Å². The zero-order chi connectivity index (χ0) is 36.9. The van der Waals surface area contributed by atoms with Gasteiger partial charge in [-0.25, -0.2) is 9.98 Å². The third-order valence-electron chi connectivity index (χ3n) is 8.55.